The van der Waals surface area contributed by atoms with Gasteiger partial charge in [0, 0.05) is 36.3 Å². The first-order valence-electron chi connectivity index (χ1n) is 10.3. The van der Waals surface area contributed by atoms with Crippen molar-refractivity contribution in [1.82, 2.24) is 4.90 Å². The average Bonchev–Trinajstić information content (AvgIpc) is 3.15. The lowest BCUT2D eigenvalue weighted by atomic mass is 10.0. The molecule has 0 saturated carbocycles. The summed E-state index contributed by atoms with van der Waals surface area (Å²) >= 11 is 1.59. The Morgan fingerprint density at radius 2 is 1.87 bits per heavy atom. The monoisotopic (exact) mass is 423 g/mol. The number of nitriles is 1. The van der Waals surface area contributed by atoms with Crippen molar-refractivity contribution in [3.63, 3.8) is 0 Å². The maximum absolute atomic E-state index is 10.4. The van der Waals surface area contributed by atoms with E-state index >= 15 is 0 Å². The summed E-state index contributed by atoms with van der Waals surface area (Å²) in [7, 11) is 0. The third kappa shape index (κ3) is 3.84. The summed E-state index contributed by atoms with van der Waals surface area (Å²) in [5.74, 6) is 0.191. The van der Waals surface area contributed by atoms with Crippen molar-refractivity contribution in [2.75, 3.05) is 6.54 Å². The minimum atomic E-state index is 0.191. The molecule has 5 rings (SSSR count). The van der Waals surface area contributed by atoms with E-state index in [4.69, 9.17) is 0 Å². The zero-order valence-corrected chi connectivity index (χ0v) is 17.8. The second-order valence-electron chi connectivity index (χ2n) is 7.72. The van der Waals surface area contributed by atoms with E-state index in [1.54, 1.807) is 23.6 Å². The predicted molar refractivity (Wildman–Crippen MR) is 126 cm³/mol. The maximum atomic E-state index is 10.4. The van der Waals surface area contributed by atoms with Gasteiger partial charge in [-0.3, -0.25) is 4.90 Å². The van der Waals surface area contributed by atoms with Crippen LogP contribution in [0.2, 0.25) is 0 Å². The van der Waals surface area contributed by atoms with Crippen LogP contribution in [0.25, 0.3) is 10.8 Å². The van der Waals surface area contributed by atoms with Crippen LogP contribution in [-0.2, 0) is 19.5 Å². The molecule has 3 aromatic carbocycles. The van der Waals surface area contributed by atoms with Crippen LogP contribution in [0.15, 0.2) is 71.7 Å². The molecule has 31 heavy (non-hydrogen) atoms. The highest BCUT2D eigenvalue weighted by molar-refractivity contribution is 7.16. The van der Waals surface area contributed by atoms with Crippen LogP contribution in [0, 0.1) is 11.3 Å². The van der Waals surface area contributed by atoms with Gasteiger partial charge in [-0.2, -0.15) is 5.26 Å². The molecule has 0 atom stereocenters. The molecule has 4 aromatic rings. The van der Waals surface area contributed by atoms with Gasteiger partial charge in [-0.05, 0) is 34.4 Å². The van der Waals surface area contributed by atoms with E-state index in [2.05, 4.69) is 40.2 Å². The van der Waals surface area contributed by atoms with E-state index in [1.807, 2.05) is 36.4 Å². The first-order chi connectivity index (χ1) is 15.2. The Morgan fingerprint density at radius 3 is 2.71 bits per heavy atom. The summed E-state index contributed by atoms with van der Waals surface area (Å²) in [6.07, 6.45) is 2.55. The second-order valence-corrected chi connectivity index (χ2v) is 8.80. The molecule has 0 spiro atoms. The zero-order chi connectivity index (χ0) is 21.2. The number of fused-ring (bicyclic) bond motifs is 2. The summed E-state index contributed by atoms with van der Waals surface area (Å²) in [6.45, 7) is 2.67. The fourth-order valence-electron chi connectivity index (χ4n) is 4.17. The van der Waals surface area contributed by atoms with Gasteiger partial charge in [0.1, 0.15) is 16.8 Å². The van der Waals surface area contributed by atoms with Gasteiger partial charge in [-0.25, -0.2) is 4.99 Å². The SMILES string of the molecule is N#Cc1c(N=Cc2c(O)ccc3ccccc23)sc2c1CCN(Cc1ccccc1)C2. The van der Waals surface area contributed by atoms with E-state index in [9.17, 15) is 10.4 Å². The summed E-state index contributed by atoms with van der Waals surface area (Å²) in [4.78, 5) is 8.30. The number of phenols is 1. The Kier molecular flexibility index (Phi) is 5.25. The summed E-state index contributed by atoms with van der Waals surface area (Å²) < 4.78 is 0. The third-order valence-electron chi connectivity index (χ3n) is 5.74. The summed E-state index contributed by atoms with van der Waals surface area (Å²) in [5.41, 5.74) is 3.79. The molecule has 1 N–H and O–H groups in total. The molecule has 152 valence electrons. The topological polar surface area (TPSA) is 59.6 Å². The minimum Gasteiger partial charge on any atom is -0.507 e. The molecule has 0 saturated heterocycles. The lowest BCUT2D eigenvalue weighted by molar-refractivity contribution is 0.249. The lowest BCUT2D eigenvalue weighted by Gasteiger charge is -2.26. The van der Waals surface area contributed by atoms with Crippen LogP contribution < -0.4 is 0 Å². The first-order valence-corrected chi connectivity index (χ1v) is 11.1. The van der Waals surface area contributed by atoms with E-state index in [-0.39, 0.29) is 5.75 Å². The van der Waals surface area contributed by atoms with E-state index < -0.39 is 0 Å². The fourth-order valence-corrected chi connectivity index (χ4v) is 5.35. The van der Waals surface area contributed by atoms with Crippen LogP contribution in [0.1, 0.15) is 27.1 Å². The smallest absolute Gasteiger partial charge is 0.134 e. The van der Waals surface area contributed by atoms with Gasteiger partial charge in [0.15, 0.2) is 0 Å². The standard InChI is InChI=1S/C26H21N3OS/c27-14-22-21-12-13-29(16-18-6-2-1-3-7-18)17-25(21)31-26(22)28-15-23-20-9-5-4-8-19(20)10-11-24(23)30/h1-11,15,30H,12-13,16-17H2. The number of nitrogens with zero attached hydrogens (tertiary/aromatic N) is 3. The van der Waals surface area contributed by atoms with Crippen LogP contribution in [0.3, 0.4) is 0 Å². The average molecular weight is 424 g/mol. The van der Waals surface area contributed by atoms with Gasteiger partial charge >= 0.3 is 0 Å². The number of benzene rings is 3. The Labute approximate surface area is 185 Å². The number of thiophene rings is 1. The van der Waals surface area contributed by atoms with E-state index in [1.165, 1.54) is 10.4 Å². The number of phenolic OH excluding ortho intramolecular Hbond substituents is 1. The van der Waals surface area contributed by atoms with Crippen molar-refractivity contribution in [2.24, 2.45) is 4.99 Å². The number of hydrogen-bond donors (Lipinski definition) is 1. The molecular formula is C26H21N3OS. The van der Waals surface area contributed by atoms with Crippen LogP contribution >= 0.6 is 11.3 Å². The summed E-state index contributed by atoms with van der Waals surface area (Å²) in [6, 6.07) is 24.3. The molecule has 0 fully saturated rings. The van der Waals surface area contributed by atoms with Crippen LogP contribution in [0.4, 0.5) is 5.00 Å². The van der Waals surface area contributed by atoms with Crippen LogP contribution in [-0.4, -0.2) is 22.8 Å². The maximum Gasteiger partial charge on any atom is 0.134 e. The predicted octanol–water partition coefficient (Wildman–Crippen LogP) is 5.79. The minimum absolute atomic E-state index is 0.191. The summed E-state index contributed by atoms with van der Waals surface area (Å²) in [5, 5.41) is 22.9. The highest BCUT2D eigenvalue weighted by Crippen LogP contribution is 2.39. The lowest BCUT2D eigenvalue weighted by Crippen LogP contribution is -2.29. The Morgan fingerprint density at radius 1 is 1.06 bits per heavy atom. The van der Waals surface area contributed by atoms with Crippen molar-refractivity contribution < 1.29 is 5.11 Å². The van der Waals surface area contributed by atoms with Gasteiger partial charge in [0.25, 0.3) is 0 Å². The van der Waals surface area contributed by atoms with Gasteiger partial charge in [0.05, 0.1) is 5.56 Å². The molecule has 4 nitrogen and oxygen atoms in total. The quantitative estimate of drug-likeness (QED) is 0.423. The van der Waals surface area contributed by atoms with E-state index in [0.717, 1.165) is 47.4 Å². The molecule has 0 radical (unpaired) electrons. The molecule has 5 heteroatoms. The Balaban J connectivity index is 1.45. The normalized spacial score (nSPS) is 14.0. The van der Waals surface area contributed by atoms with Gasteiger partial charge < -0.3 is 5.11 Å². The van der Waals surface area contributed by atoms with Crippen molar-refractivity contribution in [3.05, 3.63) is 93.9 Å². The van der Waals surface area contributed by atoms with Crippen molar-refractivity contribution >= 4 is 33.3 Å². The molecular weight excluding hydrogens is 402 g/mol. The van der Waals surface area contributed by atoms with Crippen molar-refractivity contribution in [1.29, 1.82) is 5.26 Å². The number of rotatable bonds is 4. The number of aromatic hydroxyl groups is 1. The van der Waals surface area contributed by atoms with Crippen LogP contribution in [0.5, 0.6) is 5.75 Å². The van der Waals surface area contributed by atoms with Crippen molar-refractivity contribution in [3.8, 4) is 11.8 Å². The largest absolute Gasteiger partial charge is 0.507 e. The van der Waals surface area contributed by atoms with Gasteiger partial charge in [-0.15, -0.1) is 11.3 Å². The second kappa shape index (κ2) is 8.35. The Bertz CT molecular complexity index is 1320. The molecule has 2 heterocycles. The zero-order valence-electron chi connectivity index (χ0n) is 17.0. The molecule has 0 aliphatic carbocycles. The molecule has 0 unspecified atom stereocenters. The highest BCUT2D eigenvalue weighted by atomic mass is 32.1. The highest BCUT2D eigenvalue weighted by Gasteiger charge is 2.24. The van der Waals surface area contributed by atoms with Gasteiger partial charge in [0.2, 0.25) is 0 Å². The molecule has 1 aliphatic rings. The fraction of sp³-hybridized carbons (Fsp3) is 0.154. The Hall–Kier alpha value is -3.46. The third-order valence-corrected chi connectivity index (χ3v) is 6.86. The van der Waals surface area contributed by atoms with Crippen molar-refractivity contribution in [2.45, 2.75) is 19.5 Å². The number of hydrogen-bond acceptors (Lipinski definition) is 5. The van der Waals surface area contributed by atoms with Gasteiger partial charge in [-0.1, -0.05) is 60.7 Å². The molecule has 1 aliphatic heterocycles. The first kappa shape index (κ1) is 19.5. The molecule has 1 aromatic heterocycles. The molecule has 0 amide bonds. The molecule has 0 bridgehead atoms. The van der Waals surface area contributed by atoms with E-state index in [0.29, 0.717) is 11.1 Å². The number of aliphatic imine (C=N–C) groups is 1.